The maximum atomic E-state index is 12.7. The number of carbonyl (C=O) groups is 3. The van der Waals surface area contributed by atoms with Crippen molar-refractivity contribution in [2.24, 2.45) is 28.6 Å². The Morgan fingerprint density at radius 2 is 2.04 bits per heavy atom. The van der Waals surface area contributed by atoms with Crippen molar-refractivity contribution in [3.8, 4) is 0 Å². The normalized spacial score (nSPS) is 47.4. The highest BCUT2D eigenvalue weighted by molar-refractivity contribution is 5.92. The van der Waals surface area contributed by atoms with Crippen molar-refractivity contribution in [1.29, 1.82) is 0 Å². The monoisotopic (exact) mass is 390 g/mol. The van der Waals surface area contributed by atoms with E-state index in [2.05, 4.69) is 6.92 Å². The van der Waals surface area contributed by atoms with E-state index in [1.54, 1.807) is 6.08 Å². The zero-order chi connectivity index (χ0) is 20.3. The van der Waals surface area contributed by atoms with Crippen LogP contribution in [0.2, 0.25) is 0 Å². The molecule has 3 saturated carbocycles. The Morgan fingerprint density at radius 1 is 1.29 bits per heavy atom. The predicted octanol–water partition coefficient (Wildman–Crippen LogP) is 1.96. The summed E-state index contributed by atoms with van der Waals surface area (Å²) in [6.45, 7) is 3.76. The van der Waals surface area contributed by atoms with Crippen LogP contribution in [0.1, 0.15) is 58.8 Å². The van der Waals surface area contributed by atoms with Gasteiger partial charge in [-0.3, -0.25) is 14.4 Å². The molecule has 4 rings (SSSR count). The van der Waals surface area contributed by atoms with E-state index in [-0.39, 0.29) is 29.0 Å². The summed E-state index contributed by atoms with van der Waals surface area (Å²) in [7, 11) is 0. The van der Waals surface area contributed by atoms with Gasteiger partial charge in [0.05, 0.1) is 6.10 Å². The molecule has 0 heterocycles. The van der Waals surface area contributed by atoms with E-state index in [1.165, 1.54) is 0 Å². The van der Waals surface area contributed by atoms with Gasteiger partial charge >= 0.3 is 0 Å². The quantitative estimate of drug-likeness (QED) is 0.712. The summed E-state index contributed by atoms with van der Waals surface area (Å²) in [4.78, 5) is 35.9. The van der Waals surface area contributed by atoms with Gasteiger partial charge in [0.2, 0.25) is 5.78 Å². The topological polar surface area (TPSA) is 101 Å². The van der Waals surface area contributed by atoms with Crippen LogP contribution in [0.15, 0.2) is 11.6 Å². The maximum absolute atomic E-state index is 12.7. The van der Waals surface area contributed by atoms with Gasteiger partial charge in [0.1, 0.15) is 6.61 Å². The van der Waals surface area contributed by atoms with E-state index in [1.807, 2.05) is 6.92 Å². The van der Waals surface area contributed by atoms with Gasteiger partial charge in [-0.05, 0) is 67.8 Å². The molecule has 2 N–H and O–H groups in total. The molecule has 0 aromatic rings. The summed E-state index contributed by atoms with van der Waals surface area (Å²) >= 11 is 0. The van der Waals surface area contributed by atoms with E-state index in [0.29, 0.717) is 25.7 Å². The molecule has 7 atom stereocenters. The van der Waals surface area contributed by atoms with Gasteiger partial charge in [-0.15, -0.1) is 0 Å². The van der Waals surface area contributed by atoms with E-state index >= 15 is 0 Å². The second kappa shape index (κ2) is 6.49. The summed E-state index contributed by atoms with van der Waals surface area (Å²) in [6, 6.07) is 0. The first-order chi connectivity index (χ1) is 13.2. The summed E-state index contributed by atoms with van der Waals surface area (Å²) in [5.74, 6) is 0.0741. The van der Waals surface area contributed by atoms with Gasteiger partial charge in [-0.25, -0.2) is 0 Å². The fourth-order valence-corrected chi connectivity index (χ4v) is 7.60. The number of Topliss-reactive ketones (excluding diaryl/α,β-unsaturated/α-hetero) is 1. The standard InChI is InChI=1S/C22H30O6/c1-20-7-5-14(25)9-13(20)3-4-15-16-6-8-22(28-12-24,18(27)11-23)21(16,2)10-17(26)19(15)20/h9,12,15-17,19,23,26H,3-8,10-11H2,1-2H3/t15-,16-,17-,19+,20-,21-,22-/m0/s1. The largest absolute Gasteiger partial charge is 0.453 e. The number of fused-ring (bicyclic) bond motifs is 5. The maximum Gasteiger partial charge on any atom is 0.294 e. The third-order valence-electron chi connectivity index (χ3n) is 8.86. The van der Waals surface area contributed by atoms with Crippen molar-refractivity contribution in [3.63, 3.8) is 0 Å². The molecule has 28 heavy (non-hydrogen) atoms. The summed E-state index contributed by atoms with van der Waals surface area (Å²) in [5.41, 5.74) is -1.10. The molecule has 6 heteroatoms. The lowest BCUT2D eigenvalue weighted by Gasteiger charge is -2.60. The first-order valence-corrected chi connectivity index (χ1v) is 10.4. The zero-order valence-electron chi connectivity index (χ0n) is 16.6. The van der Waals surface area contributed by atoms with Gasteiger partial charge in [0.25, 0.3) is 6.47 Å². The van der Waals surface area contributed by atoms with Crippen LogP contribution in [-0.4, -0.2) is 46.6 Å². The number of hydrogen-bond acceptors (Lipinski definition) is 6. The number of aliphatic hydroxyl groups is 2. The summed E-state index contributed by atoms with van der Waals surface area (Å²) in [5, 5.41) is 20.9. The van der Waals surface area contributed by atoms with Crippen molar-refractivity contribution < 1.29 is 29.3 Å². The molecule has 4 aliphatic rings. The van der Waals surface area contributed by atoms with Crippen LogP contribution in [0.3, 0.4) is 0 Å². The number of hydrogen-bond donors (Lipinski definition) is 2. The van der Waals surface area contributed by atoms with Crippen LogP contribution < -0.4 is 0 Å². The molecule has 0 aromatic carbocycles. The Kier molecular flexibility index (Phi) is 4.58. The minimum atomic E-state index is -1.36. The third kappa shape index (κ3) is 2.37. The fraction of sp³-hybridized carbons (Fsp3) is 0.773. The first-order valence-electron chi connectivity index (χ1n) is 10.4. The van der Waals surface area contributed by atoms with Crippen LogP contribution in [-0.2, 0) is 19.1 Å². The first kappa shape index (κ1) is 19.8. The van der Waals surface area contributed by atoms with Gasteiger partial charge in [0, 0.05) is 11.8 Å². The Labute approximate surface area is 165 Å². The highest BCUT2D eigenvalue weighted by Gasteiger charge is 2.69. The Morgan fingerprint density at radius 3 is 2.71 bits per heavy atom. The number of ether oxygens (including phenoxy) is 1. The lowest BCUT2D eigenvalue weighted by molar-refractivity contribution is -0.194. The van der Waals surface area contributed by atoms with Gasteiger partial charge in [-0.2, -0.15) is 0 Å². The van der Waals surface area contributed by atoms with E-state index < -0.39 is 29.5 Å². The Bertz CT molecular complexity index is 743. The van der Waals surface area contributed by atoms with Crippen molar-refractivity contribution in [3.05, 3.63) is 11.6 Å². The average molecular weight is 390 g/mol. The average Bonchev–Trinajstić information content (AvgIpc) is 2.94. The molecule has 4 aliphatic carbocycles. The lowest BCUT2D eigenvalue weighted by Crippen LogP contribution is -2.62. The number of carbonyl (C=O) groups excluding carboxylic acids is 3. The summed E-state index contributed by atoms with van der Waals surface area (Å²) < 4.78 is 5.43. The molecule has 0 saturated heterocycles. The van der Waals surface area contributed by atoms with E-state index in [9.17, 15) is 24.6 Å². The third-order valence-corrected chi connectivity index (χ3v) is 8.86. The highest BCUT2D eigenvalue weighted by atomic mass is 16.5. The molecule has 0 radical (unpaired) electrons. The molecule has 3 fully saturated rings. The van der Waals surface area contributed by atoms with Crippen molar-refractivity contribution >= 4 is 18.0 Å². The number of ketones is 2. The van der Waals surface area contributed by atoms with Crippen LogP contribution in [0.4, 0.5) is 0 Å². The van der Waals surface area contributed by atoms with Gasteiger partial charge in [-0.1, -0.05) is 19.4 Å². The highest BCUT2D eigenvalue weighted by Crippen LogP contribution is 2.68. The predicted molar refractivity (Wildman–Crippen MR) is 100 cm³/mol. The molecule has 0 aliphatic heterocycles. The van der Waals surface area contributed by atoms with Crippen LogP contribution in [0.25, 0.3) is 0 Å². The molecule has 0 bridgehead atoms. The van der Waals surface area contributed by atoms with Gasteiger partial charge < -0.3 is 14.9 Å². The second-order valence-electron chi connectivity index (χ2n) is 9.74. The molecule has 154 valence electrons. The number of allylic oxidation sites excluding steroid dienone is 1. The molecular formula is C22H30O6. The van der Waals surface area contributed by atoms with Crippen molar-refractivity contribution in [2.75, 3.05) is 6.61 Å². The molecule has 0 aromatic heterocycles. The lowest BCUT2D eigenvalue weighted by atomic mass is 9.45. The van der Waals surface area contributed by atoms with Gasteiger partial charge in [0.15, 0.2) is 11.4 Å². The minimum absolute atomic E-state index is 0.0370. The fourth-order valence-electron chi connectivity index (χ4n) is 7.60. The van der Waals surface area contributed by atoms with E-state index in [0.717, 1.165) is 31.3 Å². The Hall–Kier alpha value is -1.53. The molecule has 0 spiro atoms. The SMILES string of the molecule is C[C@]12CCC(=O)C=C1CC[C@@H]1[C@@H]2[C@@H](O)C[C@@]2(C)[C@H]1CC[C@]2(OC=O)C(=O)CO. The molecule has 0 amide bonds. The van der Waals surface area contributed by atoms with E-state index in [4.69, 9.17) is 4.74 Å². The van der Waals surface area contributed by atoms with Crippen LogP contribution >= 0.6 is 0 Å². The number of rotatable bonds is 4. The Balaban J connectivity index is 1.75. The smallest absolute Gasteiger partial charge is 0.294 e. The summed E-state index contributed by atoms with van der Waals surface area (Å²) in [6.07, 6.45) is 5.59. The van der Waals surface area contributed by atoms with Crippen molar-refractivity contribution in [2.45, 2.75) is 70.5 Å². The molecule has 6 nitrogen and oxygen atoms in total. The van der Waals surface area contributed by atoms with Crippen LogP contribution in [0, 0.1) is 28.6 Å². The molecule has 0 unspecified atom stereocenters. The van der Waals surface area contributed by atoms with Crippen molar-refractivity contribution in [1.82, 2.24) is 0 Å². The van der Waals surface area contributed by atoms with Crippen LogP contribution in [0.5, 0.6) is 0 Å². The number of aliphatic hydroxyl groups excluding tert-OH is 2. The zero-order valence-corrected chi connectivity index (χ0v) is 16.6. The minimum Gasteiger partial charge on any atom is -0.453 e. The molecular weight excluding hydrogens is 360 g/mol. The second-order valence-corrected chi connectivity index (χ2v) is 9.74.